The van der Waals surface area contributed by atoms with Crippen molar-refractivity contribution in [2.24, 2.45) is 0 Å². The fraction of sp³-hybridized carbons (Fsp3) is 0. The first-order chi connectivity index (χ1) is 0. The second-order valence-corrected chi connectivity index (χ2v) is 0. The van der Waals surface area contributed by atoms with E-state index in [1.165, 1.54) is 0 Å². The number of rotatable bonds is 0. The Bertz CT molecular complexity index is 10.9. The molecule has 0 spiro atoms. The van der Waals surface area contributed by atoms with Gasteiger partial charge in [-0.25, -0.2) is 0 Å². The third-order valence-electron chi connectivity index (χ3n) is 0. The fourth-order valence-corrected chi connectivity index (χ4v) is 0. The van der Waals surface area contributed by atoms with Crippen LogP contribution in [0.5, 0.6) is 0 Å². The smallest absolute Gasteiger partial charge is 2.00 e. The zero-order chi connectivity index (χ0) is 0. The van der Waals surface area contributed by atoms with Gasteiger partial charge in [0.05, 0.1) is 0 Å². The van der Waals surface area contributed by atoms with E-state index in [0.717, 1.165) is 0 Å². The van der Waals surface area contributed by atoms with Crippen molar-refractivity contribution >= 4 is 0 Å². The molecule has 0 amide bonds. The van der Waals surface area contributed by atoms with Gasteiger partial charge in [0.25, 0.3) is 0 Å². The summed E-state index contributed by atoms with van der Waals surface area (Å²) in [4.78, 5) is 0. The normalized spacial score (nSPS) is 0. The molecule has 0 fully saturated rings. The molecule has 0 N–H and O–H groups in total. The molecule has 0 unspecified atom stereocenters. The Morgan fingerprint density at radius 3 is 0.429 bits per heavy atom. The Kier molecular flexibility index (Phi) is 363. The van der Waals surface area contributed by atoms with Gasteiger partial charge in [-0.1, -0.05) is 0 Å². The van der Waals surface area contributed by atoms with E-state index < -0.39 is 0 Å². The van der Waals surface area contributed by atoms with Crippen molar-refractivity contribution in [3.05, 3.63) is 0 Å². The maximum atomic E-state index is 0. The molecule has 0 rings (SSSR count). The minimum Gasteiger partial charge on any atom is -2.00 e. The maximum Gasteiger partial charge on any atom is 3.00 e. The van der Waals surface area contributed by atoms with Crippen molar-refractivity contribution in [1.82, 2.24) is 0 Å². The summed E-state index contributed by atoms with van der Waals surface area (Å²) < 4.78 is 0. The fourth-order valence-electron chi connectivity index (χ4n) is 0. The van der Waals surface area contributed by atoms with E-state index in [2.05, 4.69) is 0 Å². The van der Waals surface area contributed by atoms with Crippen LogP contribution in [0.15, 0.2) is 0 Å². The van der Waals surface area contributed by atoms with E-state index in [1.54, 1.807) is 0 Å². The molecule has 7 heavy (non-hydrogen) atoms. The van der Waals surface area contributed by atoms with Gasteiger partial charge in [-0.3, -0.25) is 0 Å². The van der Waals surface area contributed by atoms with Crippen LogP contribution in [0.1, 0.15) is 0 Å². The molecule has 0 aromatic carbocycles. The molecule has 0 saturated carbocycles. The standard InChI is InChI=1S/2Er.2Gd.3O/q2*+3;;;3*-2. The Morgan fingerprint density at radius 1 is 0.429 bits per heavy atom. The van der Waals surface area contributed by atoms with Gasteiger partial charge in [0.1, 0.15) is 0 Å². The Morgan fingerprint density at radius 2 is 0.429 bits per heavy atom. The van der Waals surface area contributed by atoms with Crippen LogP contribution < -0.4 is 0 Å². The first-order valence-corrected chi connectivity index (χ1v) is 0. The summed E-state index contributed by atoms with van der Waals surface area (Å²) in [6.45, 7) is 0. The van der Waals surface area contributed by atoms with E-state index in [1.807, 2.05) is 0 Å². The first-order valence-electron chi connectivity index (χ1n) is 0. The van der Waals surface area contributed by atoms with Gasteiger partial charge in [-0.2, -0.15) is 0 Å². The summed E-state index contributed by atoms with van der Waals surface area (Å²) in [5, 5.41) is 0. The summed E-state index contributed by atoms with van der Waals surface area (Å²) in [7, 11) is 0. The number of hydrogen-bond donors (Lipinski definition) is 0. The molecule has 0 aromatic heterocycles. The molecule has 0 aliphatic heterocycles. The van der Waals surface area contributed by atoms with Gasteiger partial charge in [0.15, 0.2) is 0 Å². The molecule has 0 aliphatic carbocycles. The molecule has 0 aromatic rings. The van der Waals surface area contributed by atoms with Crippen molar-refractivity contribution in [2.75, 3.05) is 0 Å². The van der Waals surface area contributed by atoms with Crippen LogP contribution in [0.25, 0.3) is 0 Å². The minimum absolute atomic E-state index is 0. The maximum absolute atomic E-state index is 0. The molecule has 0 bridgehead atoms. The molecule has 0 saturated heterocycles. The van der Waals surface area contributed by atoms with Gasteiger partial charge < -0.3 is 16.4 Å². The van der Waals surface area contributed by atoms with E-state index in [4.69, 9.17) is 0 Å². The van der Waals surface area contributed by atoms with Crippen molar-refractivity contribution in [2.45, 2.75) is 0 Å². The van der Waals surface area contributed by atoms with Crippen molar-refractivity contribution < 1.29 is 171 Å². The van der Waals surface area contributed by atoms with Gasteiger partial charge in [0, 0.05) is 79.9 Å². The topological polar surface area (TPSA) is 85.5 Å². The molecular weight excluding hydrogens is 697 g/mol. The van der Waals surface area contributed by atoms with E-state index in [-0.39, 0.29) is 171 Å². The average Bonchev–Trinajstić information content (AvgIpc) is 0. The van der Waals surface area contributed by atoms with Gasteiger partial charge in [-0.05, 0) is 0 Å². The molecule has 58 valence electrons. The van der Waals surface area contributed by atoms with Gasteiger partial charge in [-0.15, -0.1) is 0 Å². The van der Waals surface area contributed by atoms with Crippen LogP contribution in [0.3, 0.4) is 0 Å². The summed E-state index contributed by atoms with van der Waals surface area (Å²) >= 11 is 0. The van der Waals surface area contributed by atoms with Crippen molar-refractivity contribution in [1.29, 1.82) is 0 Å². The van der Waals surface area contributed by atoms with E-state index in [0.29, 0.717) is 0 Å². The molecule has 7 heteroatoms. The average molecular weight is 697 g/mol. The molecule has 0 heterocycles. The van der Waals surface area contributed by atoms with Crippen molar-refractivity contribution in [3.63, 3.8) is 0 Å². The Balaban J connectivity index is 0. The summed E-state index contributed by atoms with van der Waals surface area (Å²) in [6.07, 6.45) is 0. The molecule has 2 radical (unpaired) electrons. The number of hydrogen-bond acceptors (Lipinski definition) is 0. The van der Waals surface area contributed by atoms with Crippen LogP contribution in [-0.2, 0) is 16.4 Å². The third kappa shape index (κ3) is 35.6. The SMILES string of the molecule is [Er+3].[Er+3].[Gd].[Gd].[O-2].[O-2].[O-2]. The van der Waals surface area contributed by atoms with Crippen LogP contribution in [0, 0.1) is 154 Å². The molecule has 0 atom stereocenters. The summed E-state index contributed by atoms with van der Waals surface area (Å²) in [5.74, 6) is 0. The minimum atomic E-state index is 0. The second-order valence-electron chi connectivity index (χ2n) is 0. The monoisotopic (exact) mass is 696 g/mol. The molecule has 0 aliphatic rings. The first kappa shape index (κ1) is 57.9. The third-order valence-corrected chi connectivity index (χ3v) is 0. The van der Waals surface area contributed by atoms with Crippen LogP contribution in [0.4, 0.5) is 0 Å². The van der Waals surface area contributed by atoms with E-state index >= 15 is 0 Å². The van der Waals surface area contributed by atoms with Crippen molar-refractivity contribution in [3.8, 4) is 0 Å². The van der Waals surface area contributed by atoms with E-state index in [9.17, 15) is 0 Å². The van der Waals surface area contributed by atoms with Gasteiger partial charge >= 0.3 is 74.6 Å². The van der Waals surface area contributed by atoms with Gasteiger partial charge in [0.2, 0.25) is 0 Å². The predicted octanol–water partition coefficient (Wildman–Crippen LogP) is -0.356. The Hall–Kier alpha value is 5.02. The van der Waals surface area contributed by atoms with Crippen LogP contribution in [0.2, 0.25) is 0 Å². The zero-order valence-electron chi connectivity index (χ0n) is 2.51. The second kappa shape index (κ2) is 43.9. The summed E-state index contributed by atoms with van der Waals surface area (Å²) in [5.41, 5.74) is 0. The quantitative estimate of drug-likeness (QED) is 0.332. The Labute approximate surface area is 166 Å². The largest absolute Gasteiger partial charge is 3.00 e. The molecular formula is Er2Gd2O3. The van der Waals surface area contributed by atoms with Crippen LogP contribution >= 0.6 is 0 Å². The zero-order valence-corrected chi connectivity index (χ0v) is 10.8. The van der Waals surface area contributed by atoms with Crippen LogP contribution in [-0.4, -0.2) is 0 Å². The summed E-state index contributed by atoms with van der Waals surface area (Å²) in [6, 6.07) is 0. The predicted molar refractivity (Wildman–Crippen MR) is 2.06 cm³/mol. The molecule has 3 nitrogen and oxygen atoms in total.